The molecule has 1 unspecified atom stereocenters. The molecule has 4 heteroatoms. The van der Waals surface area contributed by atoms with Crippen molar-refractivity contribution in [2.75, 3.05) is 13.2 Å². The van der Waals surface area contributed by atoms with E-state index in [4.69, 9.17) is 4.74 Å². The monoisotopic (exact) mass is 237 g/mol. The van der Waals surface area contributed by atoms with E-state index in [0.29, 0.717) is 13.0 Å². The second-order valence-electron chi connectivity index (χ2n) is 5.36. The molecule has 0 N–H and O–H groups in total. The van der Waals surface area contributed by atoms with Crippen molar-refractivity contribution in [3.05, 3.63) is 11.6 Å². The Kier molecular flexibility index (Phi) is 4.79. The first-order valence-corrected chi connectivity index (χ1v) is 5.78. The number of epoxide rings is 1. The van der Waals surface area contributed by atoms with Crippen LogP contribution in [0.3, 0.4) is 0 Å². The van der Waals surface area contributed by atoms with Gasteiger partial charge in [0.15, 0.2) is 5.78 Å². The molecule has 1 saturated heterocycles. The SMILES string of the molecule is CC1=CC(=O)CC(C)(C)C1.O=C=NCC1CO1. The summed E-state index contributed by atoms with van der Waals surface area (Å²) < 4.78 is 4.74. The van der Waals surface area contributed by atoms with Crippen LogP contribution in [0.2, 0.25) is 0 Å². The van der Waals surface area contributed by atoms with Gasteiger partial charge in [-0.05, 0) is 24.8 Å². The maximum Gasteiger partial charge on any atom is 0.235 e. The highest BCUT2D eigenvalue weighted by molar-refractivity contribution is 5.91. The van der Waals surface area contributed by atoms with Gasteiger partial charge >= 0.3 is 0 Å². The van der Waals surface area contributed by atoms with Gasteiger partial charge in [0.05, 0.1) is 13.2 Å². The van der Waals surface area contributed by atoms with Crippen molar-refractivity contribution in [1.82, 2.24) is 0 Å². The van der Waals surface area contributed by atoms with Gasteiger partial charge < -0.3 is 4.74 Å². The molecular formula is C13H19NO3. The van der Waals surface area contributed by atoms with E-state index in [9.17, 15) is 9.59 Å². The Balaban J connectivity index is 0.000000181. The van der Waals surface area contributed by atoms with E-state index in [-0.39, 0.29) is 17.3 Å². The van der Waals surface area contributed by atoms with Crippen LogP contribution in [0.1, 0.15) is 33.6 Å². The van der Waals surface area contributed by atoms with Crippen LogP contribution in [0.5, 0.6) is 0 Å². The van der Waals surface area contributed by atoms with Crippen molar-refractivity contribution < 1.29 is 14.3 Å². The number of isocyanates is 1. The molecule has 2 aliphatic rings. The summed E-state index contributed by atoms with van der Waals surface area (Å²) in [6.07, 6.45) is 5.21. The highest BCUT2D eigenvalue weighted by atomic mass is 16.6. The Labute approximate surface area is 102 Å². The Morgan fingerprint density at radius 1 is 1.53 bits per heavy atom. The van der Waals surface area contributed by atoms with Crippen molar-refractivity contribution in [3.8, 4) is 0 Å². The Morgan fingerprint density at radius 2 is 2.18 bits per heavy atom. The highest BCUT2D eigenvalue weighted by Gasteiger charge is 2.25. The number of hydrogen-bond donors (Lipinski definition) is 0. The summed E-state index contributed by atoms with van der Waals surface area (Å²) in [7, 11) is 0. The molecule has 1 aliphatic carbocycles. The molecule has 0 aromatic carbocycles. The smallest absolute Gasteiger partial charge is 0.235 e. The molecule has 17 heavy (non-hydrogen) atoms. The Bertz CT molecular complexity index is 361. The Hall–Kier alpha value is -1.25. The van der Waals surface area contributed by atoms with E-state index in [1.165, 1.54) is 11.7 Å². The van der Waals surface area contributed by atoms with Gasteiger partial charge in [0, 0.05) is 6.42 Å². The second kappa shape index (κ2) is 5.89. The largest absolute Gasteiger partial charge is 0.371 e. The van der Waals surface area contributed by atoms with E-state index in [1.807, 2.05) is 6.92 Å². The predicted octanol–water partition coefficient (Wildman–Crippen LogP) is 2.04. The molecule has 1 atom stereocenters. The van der Waals surface area contributed by atoms with Gasteiger partial charge in [0.1, 0.15) is 6.10 Å². The van der Waals surface area contributed by atoms with E-state index < -0.39 is 0 Å². The molecule has 0 aromatic rings. The molecule has 1 fully saturated rings. The third-order valence-corrected chi connectivity index (χ3v) is 2.58. The van der Waals surface area contributed by atoms with Crippen molar-refractivity contribution >= 4 is 11.9 Å². The summed E-state index contributed by atoms with van der Waals surface area (Å²) in [5.41, 5.74) is 1.43. The number of nitrogens with zero attached hydrogens (tertiary/aromatic N) is 1. The third kappa shape index (κ3) is 6.15. The van der Waals surface area contributed by atoms with Gasteiger partial charge in [-0.2, -0.15) is 0 Å². The average molecular weight is 237 g/mol. The van der Waals surface area contributed by atoms with E-state index >= 15 is 0 Å². The average Bonchev–Trinajstić information content (AvgIpc) is 2.94. The number of ether oxygens (including phenoxy) is 1. The minimum Gasteiger partial charge on any atom is -0.371 e. The standard InChI is InChI=1S/C9H14O.C4H5NO2/c1-7-4-8(10)6-9(2,3)5-7;6-3-5-1-4-2-7-4/h4H,5-6H2,1-3H3;4H,1-2H2. The number of aliphatic imine (C=N–C) groups is 1. The highest BCUT2D eigenvalue weighted by Crippen LogP contribution is 2.32. The molecule has 0 saturated carbocycles. The summed E-state index contributed by atoms with van der Waals surface area (Å²) in [4.78, 5) is 23.7. The lowest BCUT2D eigenvalue weighted by Crippen LogP contribution is -2.20. The zero-order valence-electron chi connectivity index (χ0n) is 10.7. The molecular weight excluding hydrogens is 218 g/mol. The summed E-state index contributed by atoms with van der Waals surface area (Å²) in [5, 5.41) is 0. The molecule has 0 bridgehead atoms. The minimum absolute atomic E-state index is 0.204. The van der Waals surface area contributed by atoms with Gasteiger partial charge in [0.2, 0.25) is 6.08 Å². The predicted molar refractivity (Wildman–Crippen MR) is 64.5 cm³/mol. The first kappa shape index (κ1) is 13.8. The number of hydrogen-bond acceptors (Lipinski definition) is 4. The zero-order chi connectivity index (χ0) is 12.9. The lowest BCUT2D eigenvalue weighted by atomic mass is 9.77. The van der Waals surface area contributed by atoms with Crippen LogP contribution in [0.4, 0.5) is 0 Å². The van der Waals surface area contributed by atoms with Gasteiger partial charge in [-0.15, -0.1) is 0 Å². The molecule has 1 heterocycles. The van der Waals surface area contributed by atoms with E-state index in [2.05, 4.69) is 18.8 Å². The van der Waals surface area contributed by atoms with Crippen LogP contribution in [0.15, 0.2) is 16.6 Å². The third-order valence-electron chi connectivity index (χ3n) is 2.58. The first-order chi connectivity index (χ1) is 7.93. The zero-order valence-corrected chi connectivity index (χ0v) is 10.7. The molecule has 2 rings (SSSR count). The summed E-state index contributed by atoms with van der Waals surface area (Å²) >= 11 is 0. The van der Waals surface area contributed by atoms with Crippen LogP contribution in [0.25, 0.3) is 0 Å². The second-order valence-corrected chi connectivity index (χ2v) is 5.36. The molecule has 4 nitrogen and oxygen atoms in total. The molecule has 1 aliphatic heterocycles. The molecule has 0 radical (unpaired) electrons. The first-order valence-electron chi connectivity index (χ1n) is 5.78. The van der Waals surface area contributed by atoms with Crippen LogP contribution in [0, 0.1) is 5.41 Å². The fourth-order valence-corrected chi connectivity index (χ4v) is 1.98. The van der Waals surface area contributed by atoms with Gasteiger partial charge in [-0.1, -0.05) is 19.4 Å². The molecule has 0 spiro atoms. The number of rotatable bonds is 2. The van der Waals surface area contributed by atoms with Crippen molar-refractivity contribution in [2.45, 2.75) is 39.7 Å². The number of carbonyl (C=O) groups excluding carboxylic acids is 2. The lowest BCUT2D eigenvalue weighted by molar-refractivity contribution is -0.117. The molecule has 0 aromatic heterocycles. The molecule has 0 amide bonds. The van der Waals surface area contributed by atoms with E-state index in [0.717, 1.165) is 13.0 Å². The number of ketones is 1. The summed E-state index contributed by atoms with van der Waals surface area (Å²) in [6.45, 7) is 7.55. The normalized spacial score (nSPS) is 25.0. The van der Waals surface area contributed by atoms with Crippen molar-refractivity contribution in [1.29, 1.82) is 0 Å². The van der Waals surface area contributed by atoms with Crippen LogP contribution >= 0.6 is 0 Å². The fourth-order valence-electron chi connectivity index (χ4n) is 1.98. The van der Waals surface area contributed by atoms with Crippen molar-refractivity contribution in [2.24, 2.45) is 10.4 Å². The van der Waals surface area contributed by atoms with Gasteiger partial charge in [-0.3, -0.25) is 4.79 Å². The van der Waals surface area contributed by atoms with Gasteiger partial charge in [-0.25, -0.2) is 9.79 Å². The summed E-state index contributed by atoms with van der Waals surface area (Å²) in [6, 6.07) is 0. The van der Waals surface area contributed by atoms with Gasteiger partial charge in [0.25, 0.3) is 0 Å². The lowest BCUT2D eigenvalue weighted by Gasteiger charge is -2.27. The molecule has 94 valence electrons. The van der Waals surface area contributed by atoms with Crippen LogP contribution < -0.4 is 0 Å². The topological polar surface area (TPSA) is 59.0 Å². The van der Waals surface area contributed by atoms with E-state index in [1.54, 1.807) is 6.08 Å². The number of allylic oxidation sites excluding steroid dienone is 2. The minimum atomic E-state index is 0.204. The Morgan fingerprint density at radius 3 is 2.59 bits per heavy atom. The summed E-state index contributed by atoms with van der Waals surface area (Å²) in [5.74, 6) is 0.286. The maximum absolute atomic E-state index is 11.0. The fraction of sp³-hybridized carbons (Fsp3) is 0.692. The van der Waals surface area contributed by atoms with Crippen molar-refractivity contribution in [3.63, 3.8) is 0 Å². The quantitative estimate of drug-likeness (QED) is 0.419. The van der Waals surface area contributed by atoms with Crippen LogP contribution in [-0.2, 0) is 14.3 Å². The number of carbonyl (C=O) groups is 1. The maximum atomic E-state index is 11.0. The van der Waals surface area contributed by atoms with Crippen LogP contribution in [-0.4, -0.2) is 31.1 Å².